The van der Waals surface area contributed by atoms with Crippen LogP contribution < -0.4 is 5.32 Å². The maximum atomic E-state index is 11.6. The Balaban J connectivity index is 3.28. The Labute approximate surface area is 137 Å². The van der Waals surface area contributed by atoms with Crippen molar-refractivity contribution >= 4 is 5.91 Å². The lowest BCUT2D eigenvalue weighted by Crippen LogP contribution is -2.33. The molecule has 0 aromatic carbocycles. The molecule has 0 rings (SSSR count). The second-order valence-corrected chi connectivity index (χ2v) is 6.31. The molecule has 2 N–H and O–H groups in total. The monoisotopic (exact) mass is 314 g/mol. The zero-order valence-electron chi connectivity index (χ0n) is 14.9. The smallest absolute Gasteiger partial charge is 0.220 e. The SMILES string of the molecule is CCCCCC(=O)NCCN(C)CCCCCCCCCO. The first-order valence-corrected chi connectivity index (χ1v) is 9.26. The molecule has 0 fully saturated rings. The molecule has 0 spiro atoms. The third-order valence-electron chi connectivity index (χ3n) is 4.02. The van der Waals surface area contributed by atoms with Gasteiger partial charge < -0.3 is 15.3 Å². The second-order valence-electron chi connectivity index (χ2n) is 6.31. The third-order valence-corrected chi connectivity index (χ3v) is 4.02. The maximum absolute atomic E-state index is 11.6. The Bertz CT molecular complexity index is 247. The van der Waals surface area contributed by atoms with Crippen molar-refractivity contribution < 1.29 is 9.90 Å². The summed E-state index contributed by atoms with van der Waals surface area (Å²) in [7, 11) is 2.13. The van der Waals surface area contributed by atoms with Crippen LogP contribution in [0.5, 0.6) is 0 Å². The summed E-state index contributed by atoms with van der Waals surface area (Å²) in [5, 5.41) is 11.7. The molecule has 0 aliphatic rings. The molecule has 0 saturated carbocycles. The van der Waals surface area contributed by atoms with E-state index in [4.69, 9.17) is 5.11 Å². The van der Waals surface area contributed by atoms with Crippen molar-refractivity contribution in [3.8, 4) is 0 Å². The summed E-state index contributed by atoms with van der Waals surface area (Å²) in [6.07, 6.45) is 12.5. The molecule has 0 saturated heterocycles. The number of hydrogen-bond acceptors (Lipinski definition) is 3. The van der Waals surface area contributed by atoms with Gasteiger partial charge >= 0.3 is 0 Å². The van der Waals surface area contributed by atoms with Crippen LogP contribution in [0.25, 0.3) is 0 Å². The van der Waals surface area contributed by atoms with Crippen LogP contribution in [0.1, 0.15) is 77.6 Å². The van der Waals surface area contributed by atoms with E-state index in [-0.39, 0.29) is 5.91 Å². The molecule has 0 atom stereocenters. The van der Waals surface area contributed by atoms with Crippen LogP contribution in [0.2, 0.25) is 0 Å². The van der Waals surface area contributed by atoms with E-state index in [2.05, 4.69) is 24.2 Å². The Kier molecular flexibility index (Phi) is 16.3. The molecule has 4 nitrogen and oxygen atoms in total. The molecule has 0 aliphatic carbocycles. The van der Waals surface area contributed by atoms with Crippen molar-refractivity contribution in [3.63, 3.8) is 0 Å². The van der Waals surface area contributed by atoms with Crippen molar-refractivity contribution in [2.75, 3.05) is 33.3 Å². The summed E-state index contributed by atoms with van der Waals surface area (Å²) in [5.41, 5.74) is 0. The predicted octanol–water partition coefficient (Wildman–Crippen LogP) is 3.34. The lowest BCUT2D eigenvalue weighted by atomic mass is 10.1. The molecule has 0 aliphatic heterocycles. The highest BCUT2D eigenvalue weighted by molar-refractivity contribution is 5.75. The van der Waals surface area contributed by atoms with E-state index in [0.29, 0.717) is 13.0 Å². The summed E-state index contributed by atoms with van der Waals surface area (Å²) in [6, 6.07) is 0. The Morgan fingerprint density at radius 2 is 1.55 bits per heavy atom. The lowest BCUT2D eigenvalue weighted by Gasteiger charge is -2.16. The van der Waals surface area contributed by atoms with Crippen molar-refractivity contribution in [1.82, 2.24) is 10.2 Å². The van der Waals surface area contributed by atoms with Gasteiger partial charge in [-0.3, -0.25) is 4.79 Å². The molecule has 0 aromatic rings. The average molecular weight is 315 g/mol. The molecule has 0 aromatic heterocycles. The van der Waals surface area contributed by atoms with Crippen LogP contribution in [0.4, 0.5) is 0 Å². The number of amides is 1. The fourth-order valence-electron chi connectivity index (χ4n) is 2.50. The number of carbonyl (C=O) groups excluding carboxylic acids is 1. The number of nitrogens with zero attached hydrogens (tertiary/aromatic N) is 1. The fraction of sp³-hybridized carbons (Fsp3) is 0.944. The second kappa shape index (κ2) is 16.8. The first kappa shape index (κ1) is 21.4. The van der Waals surface area contributed by atoms with Crippen molar-refractivity contribution in [3.05, 3.63) is 0 Å². The number of rotatable bonds is 16. The van der Waals surface area contributed by atoms with Crippen LogP contribution in [0, 0.1) is 0 Å². The molecule has 0 unspecified atom stereocenters. The fourth-order valence-corrected chi connectivity index (χ4v) is 2.50. The van der Waals surface area contributed by atoms with E-state index < -0.39 is 0 Å². The number of nitrogens with one attached hydrogen (secondary N) is 1. The van der Waals surface area contributed by atoms with Gasteiger partial charge in [-0.15, -0.1) is 0 Å². The van der Waals surface area contributed by atoms with Crippen molar-refractivity contribution in [1.29, 1.82) is 0 Å². The normalized spacial score (nSPS) is 11.1. The highest BCUT2D eigenvalue weighted by Crippen LogP contribution is 2.07. The summed E-state index contributed by atoms with van der Waals surface area (Å²) >= 11 is 0. The van der Waals surface area contributed by atoms with E-state index in [9.17, 15) is 4.79 Å². The molecular weight excluding hydrogens is 276 g/mol. The van der Waals surface area contributed by atoms with Crippen LogP contribution in [0.3, 0.4) is 0 Å². The number of hydrogen-bond donors (Lipinski definition) is 2. The van der Waals surface area contributed by atoms with Crippen LogP contribution >= 0.6 is 0 Å². The highest BCUT2D eigenvalue weighted by atomic mass is 16.2. The van der Waals surface area contributed by atoms with Gasteiger partial charge in [0.2, 0.25) is 5.91 Å². The minimum absolute atomic E-state index is 0.199. The van der Waals surface area contributed by atoms with Gasteiger partial charge in [-0.1, -0.05) is 51.9 Å². The minimum atomic E-state index is 0.199. The van der Waals surface area contributed by atoms with Crippen LogP contribution in [-0.4, -0.2) is 49.2 Å². The zero-order chi connectivity index (χ0) is 16.5. The van der Waals surface area contributed by atoms with Crippen LogP contribution in [-0.2, 0) is 4.79 Å². The van der Waals surface area contributed by atoms with Crippen LogP contribution in [0.15, 0.2) is 0 Å². The van der Waals surface area contributed by atoms with Gasteiger partial charge in [0.15, 0.2) is 0 Å². The quantitative estimate of drug-likeness (QED) is 0.430. The first-order chi connectivity index (χ1) is 10.7. The van der Waals surface area contributed by atoms with Gasteiger partial charge in [-0.2, -0.15) is 0 Å². The maximum Gasteiger partial charge on any atom is 0.220 e. The van der Waals surface area contributed by atoms with Gasteiger partial charge in [0.25, 0.3) is 0 Å². The Morgan fingerprint density at radius 1 is 0.909 bits per heavy atom. The van der Waals surface area contributed by atoms with Gasteiger partial charge in [0, 0.05) is 26.1 Å². The molecule has 0 heterocycles. The standard InChI is InChI=1S/C18H38N2O2/c1-3-4-10-13-18(22)19-14-16-20(2)15-11-8-6-5-7-9-12-17-21/h21H,3-17H2,1-2H3,(H,19,22). The number of aliphatic hydroxyl groups is 1. The molecule has 132 valence electrons. The lowest BCUT2D eigenvalue weighted by molar-refractivity contribution is -0.121. The largest absolute Gasteiger partial charge is 0.396 e. The zero-order valence-corrected chi connectivity index (χ0v) is 14.9. The summed E-state index contributed by atoms with van der Waals surface area (Å²) in [5.74, 6) is 0.199. The summed E-state index contributed by atoms with van der Waals surface area (Å²) < 4.78 is 0. The van der Waals surface area contributed by atoms with E-state index in [0.717, 1.165) is 51.7 Å². The summed E-state index contributed by atoms with van der Waals surface area (Å²) in [6.45, 7) is 5.31. The number of aliphatic hydroxyl groups excluding tert-OH is 1. The Morgan fingerprint density at radius 3 is 2.18 bits per heavy atom. The first-order valence-electron chi connectivity index (χ1n) is 9.26. The molecule has 0 bridgehead atoms. The molecule has 0 radical (unpaired) electrons. The highest BCUT2D eigenvalue weighted by Gasteiger charge is 2.02. The van der Waals surface area contributed by atoms with E-state index in [1.807, 2.05) is 0 Å². The third kappa shape index (κ3) is 15.8. The predicted molar refractivity (Wildman–Crippen MR) is 94.1 cm³/mol. The molecule has 22 heavy (non-hydrogen) atoms. The molecule has 1 amide bonds. The average Bonchev–Trinajstić information content (AvgIpc) is 2.50. The topological polar surface area (TPSA) is 52.6 Å². The molecule has 4 heteroatoms. The van der Waals surface area contributed by atoms with Gasteiger partial charge in [0.05, 0.1) is 0 Å². The van der Waals surface area contributed by atoms with E-state index >= 15 is 0 Å². The van der Waals surface area contributed by atoms with E-state index in [1.54, 1.807) is 0 Å². The number of likely N-dealkylation sites (N-methyl/N-ethyl adjacent to an activating group) is 1. The van der Waals surface area contributed by atoms with E-state index in [1.165, 1.54) is 32.1 Å². The molecular formula is C18H38N2O2. The number of unbranched alkanes of at least 4 members (excludes halogenated alkanes) is 8. The minimum Gasteiger partial charge on any atom is -0.396 e. The van der Waals surface area contributed by atoms with Crippen molar-refractivity contribution in [2.45, 2.75) is 77.6 Å². The van der Waals surface area contributed by atoms with Gasteiger partial charge in [-0.05, 0) is 32.9 Å². The number of carbonyl (C=O) groups is 1. The summed E-state index contributed by atoms with van der Waals surface area (Å²) in [4.78, 5) is 13.9. The van der Waals surface area contributed by atoms with Gasteiger partial charge in [-0.25, -0.2) is 0 Å². The Hall–Kier alpha value is -0.610. The van der Waals surface area contributed by atoms with Crippen molar-refractivity contribution in [2.24, 2.45) is 0 Å². The van der Waals surface area contributed by atoms with Gasteiger partial charge in [0.1, 0.15) is 0 Å².